The lowest BCUT2D eigenvalue weighted by Gasteiger charge is -2.34. The topological polar surface area (TPSA) is 105 Å². The average Bonchev–Trinajstić information content (AvgIpc) is 2.68. The van der Waals surface area contributed by atoms with Gasteiger partial charge in [-0.15, -0.1) is 0 Å². The van der Waals surface area contributed by atoms with Gasteiger partial charge in [-0.25, -0.2) is 8.42 Å². The second-order valence-electron chi connectivity index (χ2n) is 6.87. The van der Waals surface area contributed by atoms with Gasteiger partial charge in [-0.1, -0.05) is 24.1 Å². The van der Waals surface area contributed by atoms with E-state index in [2.05, 4.69) is 10.6 Å². The highest BCUT2D eigenvalue weighted by Gasteiger charge is 2.33. The summed E-state index contributed by atoms with van der Waals surface area (Å²) in [5, 5.41) is 5.01. The first kappa shape index (κ1) is 22.3. The third-order valence-electron chi connectivity index (χ3n) is 4.76. The van der Waals surface area contributed by atoms with Crippen LogP contribution in [0.4, 0.5) is 0 Å². The maximum Gasteiger partial charge on any atom is 0.309 e. The van der Waals surface area contributed by atoms with E-state index in [1.54, 1.807) is 24.3 Å². The van der Waals surface area contributed by atoms with Gasteiger partial charge >= 0.3 is 11.8 Å². The molecule has 0 unspecified atom stereocenters. The summed E-state index contributed by atoms with van der Waals surface area (Å²) in [5.41, 5.74) is 1.00. The van der Waals surface area contributed by atoms with Gasteiger partial charge in [0.15, 0.2) is 0 Å². The standard InChI is InChI=1S/C19H29N3O5S/c1-15-6-8-17(9-7-15)28(25,26)22-13-4-3-5-16(22)10-11-20-18(23)19(24)21-12-14-27-2/h6-9,16H,3-5,10-14H2,1-2H3,(H,20,23)(H,21,24)/t16-/m1/s1. The molecule has 28 heavy (non-hydrogen) atoms. The lowest BCUT2D eigenvalue weighted by molar-refractivity contribution is -0.139. The Morgan fingerprint density at radius 2 is 1.75 bits per heavy atom. The summed E-state index contributed by atoms with van der Waals surface area (Å²) in [6, 6.07) is 6.63. The lowest BCUT2D eigenvalue weighted by Crippen LogP contribution is -2.46. The number of hydrogen-bond acceptors (Lipinski definition) is 5. The predicted octanol–water partition coefficient (Wildman–Crippen LogP) is 0.807. The molecule has 0 aromatic heterocycles. The summed E-state index contributed by atoms with van der Waals surface area (Å²) < 4.78 is 32.4. The van der Waals surface area contributed by atoms with Crippen molar-refractivity contribution in [3.05, 3.63) is 29.8 Å². The number of amides is 2. The van der Waals surface area contributed by atoms with Crippen molar-refractivity contribution in [2.75, 3.05) is 33.4 Å². The van der Waals surface area contributed by atoms with Crippen molar-refractivity contribution in [2.45, 2.75) is 43.5 Å². The molecule has 0 spiro atoms. The van der Waals surface area contributed by atoms with Gasteiger partial charge in [0.25, 0.3) is 0 Å². The molecule has 1 heterocycles. The molecule has 0 saturated carbocycles. The summed E-state index contributed by atoms with van der Waals surface area (Å²) >= 11 is 0. The van der Waals surface area contributed by atoms with Gasteiger partial charge in [0.1, 0.15) is 0 Å². The van der Waals surface area contributed by atoms with Crippen LogP contribution in [0.1, 0.15) is 31.2 Å². The van der Waals surface area contributed by atoms with Crippen molar-refractivity contribution in [3.63, 3.8) is 0 Å². The fourth-order valence-corrected chi connectivity index (χ4v) is 4.93. The van der Waals surface area contributed by atoms with Gasteiger partial charge in [-0.3, -0.25) is 9.59 Å². The van der Waals surface area contributed by atoms with Gasteiger partial charge in [0, 0.05) is 32.8 Å². The minimum absolute atomic E-state index is 0.197. The fraction of sp³-hybridized carbons (Fsp3) is 0.579. The van der Waals surface area contributed by atoms with Gasteiger partial charge in [0.05, 0.1) is 11.5 Å². The number of nitrogens with one attached hydrogen (secondary N) is 2. The molecule has 1 aromatic rings. The summed E-state index contributed by atoms with van der Waals surface area (Å²) in [6.45, 7) is 3.20. The molecular formula is C19H29N3O5S. The monoisotopic (exact) mass is 411 g/mol. The van der Waals surface area contributed by atoms with Crippen LogP contribution in [0.5, 0.6) is 0 Å². The van der Waals surface area contributed by atoms with Gasteiger partial charge in [-0.05, 0) is 38.3 Å². The molecule has 9 heteroatoms. The van der Waals surface area contributed by atoms with Crippen LogP contribution in [0.15, 0.2) is 29.2 Å². The van der Waals surface area contributed by atoms with Gasteiger partial charge in [0.2, 0.25) is 10.0 Å². The average molecular weight is 412 g/mol. The van der Waals surface area contributed by atoms with Gasteiger partial charge < -0.3 is 15.4 Å². The van der Waals surface area contributed by atoms with Crippen LogP contribution in [0.2, 0.25) is 0 Å². The maximum absolute atomic E-state index is 13.0. The number of nitrogens with zero attached hydrogens (tertiary/aromatic N) is 1. The van der Waals surface area contributed by atoms with Crippen molar-refractivity contribution in [1.82, 2.24) is 14.9 Å². The second-order valence-corrected chi connectivity index (χ2v) is 8.76. The van der Waals surface area contributed by atoms with E-state index in [1.807, 2.05) is 6.92 Å². The van der Waals surface area contributed by atoms with E-state index >= 15 is 0 Å². The summed E-state index contributed by atoms with van der Waals surface area (Å²) in [7, 11) is -2.08. The Bertz CT molecular complexity index is 764. The minimum Gasteiger partial charge on any atom is -0.383 e. The first-order valence-corrected chi connectivity index (χ1v) is 10.9. The molecular weight excluding hydrogens is 382 g/mol. The van der Waals surface area contributed by atoms with Crippen LogP contribution in [0.3, 0.4) is 0 Å². The molecule has 2 rings (SSSR count). The van der Waals surface area contributed by atoms with E-state index < -0.39 is 21.8 Å². The maximum atomic E-state index is 13.0. The highest BCUT2D eigenvalue weighted by Crippen LogP contribution is 2.27. The Kier molecular flexibility index (Phi) is 8.40. The van der Waals surface area contributed by atoms with Crippen molar-refractivity contribution in [1.29, 1.82) is 0 Å². The largest absolute Gasteiger partial charge is 0.383 e. The highest BCUT2D eigenvalue weighted by atomic mass is 32.2. The summed E-state index contributed by atoms with van der Waals surface area (Å²) in [5.74, 6) is -1.44. The zero-order valence-electron chi connectivity index (χ0n) is 16.4. The number of aryl methyl sites for hydroxylation is 1. The number of benzene rings is 1. The van der Waals surface area contributed by atoms with Crippen LogP contribution in [0.25, 0.3) is 0 Å². The summed E-state index contributed by atoms with van der Waals surface area (Å²) in [4.78, 5) is 23.7. The Morgan fingerprint density at radius 1 is 1.11 bits per heavy atom. The first-order valence-electron chi connectivity index (χ1n) is 9.49. The molecule has 1 aromatic carbocycles. The fourth-order valence-electron chi connectivity index (χ4n) is 3.20. The third-order valence-corrected chi connectivity index (χ3v) is 6.73. The van der Waals surface area contributed by atoms with Crippen LogP contribution < -0.4 is 10.6 Å². The van der Waals surface area contributed by atoms with Crippen molar-refractivity contribution < 1.29 is 22.7 Å². The van der Waals surface area contributed by atoms with Crippen LogP contribution >= 0.6 is 0 Å². The highest BCUT2D eigenvalue weighted by molar-refractivity contribution is 7.89. The van der Waals surface area contributed by atoms with Crippen LogP contribution in [-0.4, -0.2) is 63.9 Å². The quantitative estimate of drug-likeness (QED) is 0.486. The Labute approximate surface area is 166 Å². The predicted molar refractivity (Wildman–Crippen MR) is 105 cm³/mol. The molecule has 8 nitrogen and oxygen atoms in total. The lowest BCUT2D eigenvalue weighted by atomic mass is 10.0. The number of sulfonamides is 1. The number of carbonyl (C=O) groups is 2. The van der Waals surface area contributed by atoms with Gasteiger partial charge in [-0.2, -0.15) is 4.31 Å². The van der Waals surface area contributed by atoms with E-state index in [0.717, 1.165) is 24.8 Å². The number of piperidine rings is 1. The van der Waals surface area contributed by atoms with E-state index in [9.17, 15) is 18.0 Å². The molecule has 2 N–H and O–H groups in total. The van der Waals surface area contributed by atoms with Crippen LogP contribution in [-0.2, 0) is 24.3 Å². The number of methoxy groups -OCH3 is 1. The molecule has 1 fully saturated rings. The first-order chi connectivity index (χ1) is 13.4. The van der Waals surface area contributed by atoms with Crippen molar-refractivity contribution >= 4 is 21.8 Å². The van der Waals surface area contributed by atoms with E-state index in [1.165, 1.54) is 11.4 Å². The number of ether oxygens (including phenoxy) is 1. The minimum atomic E-state index is -3.58. The molecule has 0 radical (unpaired) electrons. The number of rotatable bonds is 8. The molecule has 1 atom stereocenters. The Hall–Kier alpha value is -1.97. The van der Waals surface area contributed by atoms with Crippen molar-refractivity contribution in [3.8, 4) is 0 Å². The third kappa shape index (κ3) is 6.02. The SMILES string of the molecule is COCCNC(=O)C(=O)NCC[C@H]1CCCCN1S(=O)(=O)c1ccc(C)cc1. The molecule has 1 saturated heterocycles. The number of carbonyl (C=O) groups excluding carboxylic acids is 2. The van der Waals surface area contributed by atoms with Crippen LogP contribution in [0, 0.1) is 6.92 Å². The Balaban J connectivity index is 1.93. The molecule has 2 amide bonds. The van der Waals surface area contributed by atoms with E-state index in [4.69, 9.17) is 4.74 Å². The molecule has 1 aliphatic heterocycles. The zero-order valence-corrected chi connectivity index (χ0v) is 17.3. The second kappa shape index (κ2) is 10.5. The Morgan fingerprint density at radius 3 is 2.39 bits per heavy atom. The number of hydrogen-bond donors (Lipinski definition) is 2. The molecule has 1 aliphatic rings. The van der Waals surface area contributed by atoms with E-state index in [-0.39, 0.29) is 24.0 Å². The molecule has 0 aliphatic carbocycles. The normalized spacial score (nSPS) is 17.9. The van der Waals surface area contributed by atoms with E-state index in [0.29, 0.717) is 19.6 Å². The summed E-state index contributed by atoms with van der Waals surface area (Å²) in [6.07, 6.45) is 2.95. The zero-order chi connectivity index (χ0) is 20.6. The smallest absolute Gasteiger partial charge is 0.309 e. The van der Waals surface area contributed by atoms with Crippen molar-refractivity contribution in [2.24, 2.45) is 0 Å². The molecule has 0 bridgehead atoms. The molecule has 156 valence electrons.